The molecule has 2 saturated heterocycles. The summed E-state index contributed by atoms with van der Waals surface area (Å²) in [6, 6.07) is 43.1. The molecule has 4 aromatic rings. The molecule has 6 rings (SSSR count). The van der Waals surface area contributed by atoms with E-state index < -0.39 is 0 Å². The fourth-order valence-corrected chi connectivity index (χ4v) is 7.33. The molecule has 0 aliphatic carbocycles. The van der Waals surface area contributed by atoms with E-state index in [1.54, 1.807) is 0 Å². The SMILES string of the molecule is C.CC.CC.CC.CC.CCN1CCC(CCNC(c2ccccc2)c2ccccc2)CC1.CCN1CCC(CCOC(c2ccccc2)c2ccccc2)CC1. The standard InChI is InChI=1S/C22H30N2.C22H29NO.4C2H6.CH4/c1-2-24-17-14-19(15-18-24)13-16-23-22(20-9-5-3-6-10-20)21-11-7-4-8-12-21;1-2-23-16-13-19(14-17-23)15-18-24-22(20-9-5-3-6-10-20)21-11-7-4-8-12-21;4*1-2;/h3-12,19,22-23H,2,13-18H2,1H3;3-12,19,22H,2,13-18H2,1H3;4*1-2H3;1H4. The van der Waals surface area contributed by atoms with Gasteiger partial charge in [0, 0.05) is 6.61 Å². The normalized spacial score (nSPS) is 14.4. The van der Waals surface area contributed by atoms with Gasteiger partial charge in [-0.05, 0) is 118 Å². The highest BCUT2D eigenvalue weighted by molar-refractivity contribution is 5.32. The third-order valence-electron chi connectivity index (χ3n) is 10.5. The van der Waals surface area contributed by atoms with Crippen LogP contribution in [-0.4, -0.2) is 62.2 Å². The van der Waals surface area contributed by atoms with E-state index in [0.29, 0.717) is 6.04 Å². The lowest BCUT2D eigenvalue weighted by atomic mass is 9.93. The zero-order valence-electron chi connectivity index (χ0n) is 37.6. The molecule has 0 aromatic heterocycles. The van der Waals surface area contributed by atoms with Crippen molar-refractivity contribution in [1.29, 1.82) is 0 Å². The topological polar surface area (TPSA) is 27.7 Å². The number of piperidine rings is 2. The maximum atomic E-state index is 6.36. The van der Waals surface area contributed by atoms with Crippen molar-refractivity contribution in [3.8, 4) is 0 Å². The van der Waals surface area contributed by atoms with Crippen LogP contribution in [0.4, 0.5) is 0 Å². The maximum Gasteiger partial charge on any atom is 0.108 e. The van der Waals surface area contributed by atoms with E-state index in [-0.39, 0.29) is 13.5 Å². The molecule has 4 nitrogen and oxygen atoms in total. The third kappa shape index (κ3) is 20.8. The van der Waals surface area contributed by atoms with Crippen LogP contribution in [0.1, 0.15) is 150 Å². The highest BCUT2D eigenvalue weighted by atomic mass is 16.5. The zero-order valence-corrected chi connectivity index (χ0v) is 37.6. The molecule has 1 N–H and O–H groups in total. The van der Waals surface area contributed by atoms with Crippen LogP contribution in [0.15, 0.2) is 121 Å². The van der Waals surface area contributed by atoms with Crippen LogP contribution in [0.2, 0.25) is 0 Å². The fourth-order valence-electron chi connectivity index (χ4n) is 7.33. The van der Waals surface area contributed by atoms with Crippen LogP contribution >= 0.6 is 0 Å². The Kier molecular flexibility index (Phi) is 33.8. The summed E-state index contributed by atoms with van der Waals surface area (Å²) in [5.41, 5.74) is 5.18. The lowest BCUT2D eigenvalue weighted by Crippen LogP contribution is -2.34. The van der Waals surface area contributed by atoms with Gasteiger partial charge in [0.15, 0.2) is 0 Å². The molecule has 57 heavy (non-hydrogen) atoms. The first kappa shape index (κ1) is 53.7. The van der Waals surface area contributed by atoms with Gasteiger partial charge < -0.3 is 19.9 Å². The van der Waals surface area contributed by atoms with Crippen molar-refractivity contribution in [2.75, 3.05) is 52.4 Å². The van der Waals surface area contributed by atoms with E-state index in [2.05, 4.69) is 150 Å². The molecule has 0 saturated carbocycles. The molecule has 0 bridgehead atoms. The maximum absolute atomic E-state index is 6.36. The van der Waals surface area contributed by atoms with Crippen LogP contribution in [0.3, 0.4) is 0 Å². The number of benzene rings is 4. The van der Waals surface area contributed by atoms with Crippen LogP contribution in [0, 0.1) is 11.8 Å². The minimum Gasteiger partial charge on any atom is -0.369 e. The first-order valence-electron chi connectivity index (χ1n) is 22.7. The smallest absolute Gasteiger partial charge is 0.108 e. The number of hydrogen-bond donors (Lipinski definition) is 1. The minimum atomic E-state index is 0. The van der Waals surface area contributed by atoms with E-state index >= 15 is 0 Å². The van der Waals surface area contributed by atoms with Gasteiger partial charge in [0.2, 0.25) is 0 Å². The number of ether oxygens (including phenoxy) is 1. The van der Waals surface area contributed by atoms with Crippen molar-refractivity contribution in [2.24, 2.45) is 11.8 Å². The van der Waals surface area contributed by atoms with Crippen molar-refractivity contribution >= 4 is 0 Å². The van der Waals surface area contributed by atoms with Crippen molar-refractivity contribution in [3.63, 3.8) is 0 Å². The van der Waals surface area contributed by atoms with Crippen LogP contribution < -0.4 is 5.32 Å². The summed E-state index contributed by atoms with van der Waals surface area (Å²) >= 11 is 0. The summed E-state index contributed by atoms with van der Waals surface area (Å²) in [5.74, 6) is 1.70. The Labute approximate surface area is 353 Å². The molecule has 0 unspecified atom stereocenters. The second-order valence-corrected chi connectivity index (χ2v) is 13.6. The molecular weight excluding hydrogens is 695 g/mol. The number of nitrogens with zero attached hydrogens (tertiary/aromatic N) is 2. The molecule has 0 radical (unpaired) electrons. The van der Waals surface area contributed by atoms with E-state index in [0.717, 1.165) is 25.0 Å². The summed E-state index contributed by atoms with van der Waals surface area (Å²) in [6.45, 7) is 29.9. The van der Waals surface area contributed by atoms with Gasteiger partial charge >= 0.3 is 0 Å². The Hall–Kier alpha value is -3.28. The predicted molar refractivity (Wildman–Crippen MR) is 254 cm³/mol. The first-order valence-corrected chi connectivity index (χ1v) is 22.7. The number of rotatable bonds is 14. The summed E-state index contributed by atoms with van der Waals surface area (Å²) in [4.78, 5) is 5.12. The Morgan fingerprint density at radius 3 is 1.14 bits per heavy atom. The van der Waals surface area contributed by atoms with Crippen molar-refractivity contribution in [2.45, 2.75) is 127 Å². The molecule has 320 valence electrons. The van der Waals surface area contributed by atoms with Gasteiger partial charge in [0.05, 0.1) is 6.04 Å². The Balaban J connectivity index is 0.000000923. The molecule has 0 spiro atoms. The molecule has 4 aromatic carbocycles. The Morgan fingerprint density at radius 2 is 0.807 bits per heavy atom. The molecule has 2 aliphatic heterocycles. The summed E-state index contributed by atoms with van der Waals surface area (Å²) in [5, 5.41) is 3.81. The number of likely N-dealkylation sites (tertiary alicyclic amines) is 2. The highest BCUT2D eigenvalue weighted by Gasteiger charge is 2.21. The second kappa shape index (κ2) is 35.8. The van der Waals surface area contributed by atoms with Gasteiger partial charge in [-0.15, -0.1) is 0 Å². The van der Waals surface area contributed by atoms with E-state index in [4.69, 9.17) is 4.74 Å². The molecule has 2 aliphatic rings. The van der Waals surface area contributed by atoms with E-state index in [9.17, 15) is 0 Å². The van der Waals surface area contributed by atoms with Crippen molar-refractivity contribution < 1.29 is 4.74 Å². The molecule has 0 amide bonds. The zero-order chi connectivity index (χ0) is 41.2. The van der Waals surface area contributed by atoms with Gasteiger partial charge in [-0.3, -0.25) is 0 Å². The van der Waals surface area contributed by atoms with Gasteiger partial charge in [0.1, 0.15) is 6.10 Å². The second-order valence-electron chi connectivity index (χ2n) is 13.6. The fraction of sp³-hybridized carbons (Fsp3) is 0.547. The van der Waals surface area contributed by atoms with Gasteiger partial charge in [0.25, 0.3) is 0 Å². The average Bonchev–Trinajstić information content (AvgIpc) is 3.31. The third-order valence-corrected chi connectivity index (χ3v) is 10.5. The minimum absolute atomic E-state index is 0. The molecule has 2 fully saturated rings. The van der Waals surface area contributed by atoms with Crippen LogP contribution in [0.25, 0.3) is 0 Å². The quantitative estimate of drug-likeness (QED) is 0.138. The van der Waals surface area contributed by atoms with Crippen molar-refractivity contribution in [1.82, 2.24) is 15.1 Å². The molecule has 0 atom stereocenters. The summed E-state index contributed by atoms with van der Waals surface area (Å²) < 4.78 is 6.36. The van der Waals surface area contributed by atoms with Crippen LogP contribution in [-0.2, 0) is 4.74 Å². The van der Waals surface area contributed by atoms with Gasteiger partial charge in [-0.2, -0.15) is 0 Å². The number of nitrogens with one attached hydrogen (secondary N) is 1. The first-order chi connectivity index (χ1) is 27.7. The molecule has 4 heteroatoms. The van der Waals surface area contributed by atoms with Crippen LogP contribution in [0.5, 0.6) is 0 Å². The average molecular weight is 782 g/mol. The molecule has 2 heterocycles. The van der Waals surface area contributed by atoms with E-state index in [1.807, 2.05) is 55.4 Å². The Bertz CT molecular complexity index is 1180. The Morgan fingerprint density at radius 1 is 0.491 bits per heavy atom. The number of hydrogen-bond acceptors (Lipinski definition) is 4. The highest BCUT2D eigenvalue weighted by Crippen LogP contribution is 2.28. The predicted octanol–water partition coefficient (Wildman–Crippen LogP) is 14.1. The van der Waals surface area contributed by atoms with Gasteiger partial charge in [-0.25, -0.2) is 0 Å². The van der Waals surface area contributed by atoms with E-state index in [1.165, 1.54) is 100 Å². The lowest BCUT2D eigenvalue weighted by Gasteiger charge is -2.31. The van der Waals surface area contributed by atoms with Crippen molar-refractivity contribution in [3.05, 3.63) is 144 Å². The molecular formula is C53H87N3O. The monoisotopic (exact) mass is 782 g/mol. The van der Waals surface area contributed by atoms with Gasteiger partial charge in [-0.1, -0.05) is 198 Å². The summed E-state index contributed by atoms with van der Waals surface area (Å²) in [7, 11) is 0. The summed E-state index contributed by atoms with van der Waals surface area (Å²) in [6.07, 6.45) is 7.86. The largest absolute Gasteiger partial charge is 0.369 e. The lowest BCUT2D eigenvalue weighted by molar-refractivity contribution is 0.0606.